The maximum atomic E-state index is 13.3. The van der Waals surface area contributed by atoms with E-state index < -0.39 is 5.38 Å². The molecule has 2 heterocycles. The first-order chi connectivity index (χ1) is 14.0. The maximum Gasteiger partial charge on any atom is 0.256 e. The van der Waals surface area contributed by atoms with Gasteiger partial charge in [0.25, 0.3) is 5.91 Å². The van der Waals surface area contributed by atoms with Gasteiger partial charge in [0.2, 0.25) is 5.91 Å². The second kappa shape index (κ2) is 8.46. The summed E-state index contributed by atoms with van der Waals surface area (Å²) in [6.07, 6.45) is 3.03. The van der Waals surface area contributed by atoms with E-state index in [9.17, 15) is 9.59 Å². The predicted molar refractivity (Wildman–Crippen MR) is 117 cm³/mol. The van der Waals surface area contributed by atoms with Crippen molar-refractivity contribution in [3.8, 4) is 0 Å². The summed E-state index contributed by atoms with van der Waals surface area (Å²) in [4.78, 5) is 29.5. The van der Waals surface area contributed by atoms with Crippen LogP contribution in [0, 0.1) is 0 Å². The molecule has 2 amide bonds. The Labute approximate surface area is 176 Å². The van der Waals surface area contributed by atoms with Crippen molar-refractivity contribution in [1.82, 2.24) is 4.90 Å². The number of anilines is 2. The summed E-state index contributed by atoms with van der Waals surface area (Å²) < 4.78 is 0. The molecular formula is C23H26ClN3O2. The van der Waals surface area contributed by atoms with Gasteiger partial charge < -0.3 is 15.1 Å². The van der Waals surface area contributed by atoms with E-state index >= 15 is 0 Å². The Morgan fingerprint density at radius 2 is 1.76 bits per heavy atom. The SMILES string of the molecule is C[C@@H](Cl)C(=O)Nc1ccc(N2CCc3ccccc3C2)c(C(=O)N2CCCC2)c1. The molecule has 1 N–H and O–H groups in total. The number of carbonyl (C=O) groups is 2. The number of amides is 2. The molecule has 0 unspecified atom stereocenters. The van der Waals surface area contributed by atoms with E-state index in [-0.39, 0.29) is 11.8 Å². The zero-order valence-electron chi connectivity index (χ0n) is 16.7. The molecule has 2 aromatic carbocycles. The standard InChI is InChI=1S/C23H26ClN3O2/c1-16(24)22(28)25-19-8-9-21(20(14-19)23(29)26-11-4-5-12-26)27-13-10-17-6-2-3-7-18(17)15-27/h2-3,6-9,14,16H,4-5,10-13,15H2,1H3,(H,25,28)/t16-/m1/s1. The molecule has 5 nitrogen and oxygen atoms in total. The molecule has 1 atom stereocenters. The highest BCUT2D eigenvalue weighted by atomic mass is 35.5. The Morgan fingerprint density at radius 3 is 2.48 bits per heavy atom. The normalized spacial score (nSPS) is 17.0. The number of carbonyl (C=O) groups excluding carboxylic acids is 2. The fourth-order valence-electron chi connectivity index (χ4n) is 4.09. The monoisotopic (exact) mass is 411 g/mol. The lowest BCUT2D eigenvalue weighted by Gasteiger charge is -2.33. The molecule has 4 rings (SSSR count). The number of nitrogens with zero attached hydrogens (tertiary/aromatic N) is 2. The van der Waals surface area contributed by atoms with E-state index in [0.717, 1.165) is 51.1 Å². The lowest BCUT2D eigenvalue weighted by Crippen LogP contribution is -2.34. The molecular weight excluding hydrogens is 386 g/mol. The lowest BCUT2D eigenvalue weighted by atomic mass is 9.98. The van der Waals surface area contributed by atoms with Gasteiger partial charge in [-0.25, -0.2) is 0 Å². The molecule has 2 aliphatic rings. The van der Waals surface area contributed by atoms with Gasteiger partial charge in [-0.15, -0.1) is 11.6 Å². The fourth-order valence-corrected chi connectivity index (χ4v) is 4.15. The number of likely N-dealkylation sites (tertiary alicyclic amines) is 1. The Hall–Kier alpha value is -2.53. The van der Waals surface area contributed by atoms with E-state index in [0.29, 0.717) is 11.3 Å². The van der Waals surface area contributed by atoms with Gasteiger partial charge in [0.1, 0.15) is 5.38 Å². The zero-order valence-corrected chi connectivity index (χ0v) is 17.4. The number of benzene rings is 2. The third-order valence-corrected chi connectivity index (χ3v) is 5.92. The summed E-state index contributed by atoms with van der Waals surface area (Å²) in [6, 6.07) is 14.1. The predicted octanol–water partition coefficient (Wildman–Crippen LogP) is 4.05. The minimum absolute atomic E-state index is 0.0337. The van der Waals surface area contributed by atoms with Gasteiger partial charge in [0, 0.05) is 37.6 Å². The number of rotatable bonds is 4. The Balaban J connectivity index is 1.67. The van der Waals surface area contributed by atoms with Gasteiger partial charge in [0.05, 0.1) is 5.56 Å². The molecule has 29 heavy (non-hydrogen) atoms. The van der Waals surface area contributed by atoms with Crippen LogP contribution in [-0.4, -0.2) is 41.7 Å². The smallest absolute Gasteiger partial charge is 0.256 e. The van der Waals surface area contributed by atoms with Crippen LogP contribution in [0.1, 0.15) is 41.3 Å². The molecule has 6 heteroatoms. The average Bonchev–Trinajstić information content (AvgIpc) is 3.27. The summed E-state index contributed by atoms with van der Waals surface area (Å²) in [5, 5.41) is 2.18. The zero-order chi connectivity index (χ0) is 20.4. The van der Waals surface area contributed by atoms with Crippen LogP contribution in [0.15, 0.2) is 42.5 Å². The summed E-state index contributed by atoms with van der Waals surface area (Å²) >= 11 is 5.89. The van der Waals surface area contributed by atoms with Crippen molar-refractivity contribution in [2.45, 2.75) is 38.1 Å². The number of halogens is 1. The van der Waals surface area contributed by atoms with Crippen molar-refractivity contribution >= 4 is 34.8 Å². The summed E-state index contributed by atoms with van der Waals surface area (Å²) in [5.41, 5.74) is 4.84. The Bertz CT molecular complexity index is 922. The van der Waals surface area contributed by atoms with Crippen molar-refractivity contribution in [3.63, 3.8) is 0 Å². The van der Waals surface area contributed by atoms with Gasteiger partial charge >= 0.3 is 0 Å². The van der Waals surface area contributed by atoms with E-state index in [1.807, 2.05) is 17.0 Å². The molecule has 1 saturated heterocycles. The third kappa shape index (κ3) is 4.25. The van der Waals surface area contributed by atoms with Crippen LogP contribution in [0.5, 0.6) is 0 Å². The molecule has 0 aliphatic carbocycles. The summed E-state index contributed by atoms with van der Waals surface area (Å²) in [7, 11) is 0. The van der Waals surface area contributed by atoms with Crippen molar-refractivity contribution < 1.29 is 9.59 Å². The van der Waals surface area contributed by atoms with Crippen LogP contribution in [0.4, 0.5) is 11.4 Å². The molecule has 2 aromatic rings. The van der Waals surface area contributed by atoms with Crippen LogP contribution in [-0.2, 0) is 17.8 Å². The minimum atomic E-state index is -0.633. The molecule has 152 valence electrons. The Morgan fingerprint density at radius 1 is 1.03 bits per heavy atom. The minimum Gasteiger partial charge on any atom is -0.366 e. The molecule has 0 saturated carbocycles. The van der Waals surface area contributed by atoms with Crippen LogP contribution in [0.2, 0.25) is 0 Å². The van der Waals surface area contributed by atoms with Gasteiger partial charge in [0.15, 0.2) is 0 Å². The first kappa shape index (κ1) is 19.8. The van der Waals surface area contributed by atoms with Gasteiger partial charge in [-0.05, 0) is 55.5 Å². The van der Waals surface area contributed by atoms with Gasteiger partial charge in [-0.1, -0.05) is 24.3 Å². The highest BCUT2D eigenvalue weighted by Crippen LogP contribution is 2.31. The van der Waals surface area contributed by atoms with Crippen molar-refractivity contribution in [2.75, 3.05) is 29.9 Å². The van der Waals surface area contributed by atoms with E-state index in [4.69, 9.17) is 11.6 Å². The Kier molecular flexibility index (Phi) is 5.76. The number of nitrogens with one attached hydrogen (secondary N) is 1. The third-order valence-electron chi connectivity index (χ3n) is 5.72. The summed E-state index contributed by atoms with van der Waals surface area (Å²) in [6.45, 7) is 4.85. The highest BCUT2D eigenvalue weighted by Gasteiger charge is 2.26. The molecule has 0 radical (unpaired) electrons. The number of hydrogen-bond acceptors (Lipinski definition) is 3. The molecule has 0 spiro atoms. The van der Waals surface area contributed by atoms with E-state index in [1.54, 1.807) is 13.0 Å². The molecule has 2 aliphatic heterocycles. The topological polar surface area (TPSA) is 52.7 Å². The average molecular weight is 412 g/mol. The first-order valence-corrected chi connectivity index (χ1v) is 10.7. The van der Waals surface area contributed by atoms with Gasteiger partial charge in [-0.3, -0.25) is 9.59 Å². The van der Waals surface area contributed by atoms with Gasteiger partial charge in [-0.2, -0.15) is 0 Å². The van der Waals surface area contributed by atoms with E-state index in [2.05, 4.69) is 34.5 Å². The second-order valence-corrected chi connectivity index (χ2v) is 8.43. The molecule has 1 fully saturated rings. The van der Waals surface area contributed by atoms with Crippen molar-refractivity contribution in [1.29, 1.82) is 0 Å². The van der Waals surface area contributed by atoms with Crippen LogP contribution in [0.3, 0.4) is 0 Å². The first-order valence-electron chi connectivity index (χ1n) is 10.2. The van der Waals surface area contributed by atoms with Crippen LogP contribution in [0.25, 0.3) is 0 Å². The van der Waals surface area contributed by atoms with Crippen LogP contribution >= 0.6 is 11.6 Å². The number of alkyl halides is 1. The fraction of sp³-hybridized carbons (Fsp3) is 0.391. The van der Waals surface area contributed by atoms with Crippen molar-refractivity contribution in [2.24, 2.45) is 0 Å². The molecule has 0 bridgehead atoms. The highest BCUT2D eigenvalue weighted by molar-refractivity contribution is 6.32. The molecule has 0 aromatic heterocycles. The van der Waals surface area contributed by atoms with Crippen molar-refractivity contribution in [3.05, 3.63) is 59.2 Å². The quantitative estimate of drug-likeness (QED) is 0.772. The number of hydrogen-bond donors (Lipinski definition) is 1. The maximum absolute atomic E-state index is 13.3. The largest absolute Gasteiger partial charge is 0.366 e. The second-order valence-electron chi connectivity index (χ2n) is 7.78. The lowest BCUT2D eigenvalue weighted by molar-refractivity contribution is -0.115. The number of fused-ring (bicyclic) bond motifs is 1. The van der Waals surface area contributed by atoms with E-state index in [1.165, 1.54) is 11.1 Å². The van der Waals surface area contributed by atoms with Crippen LogP contribution < -0.4 is 10.2 Å². The summed E-state index contributed by atoms with van der Waals surface area (Å²) in [5.74, 6) is -0.239.